The van der Waals surface area contributed by atoms with Gasteiger partial charge in [0.25, 0.3) is 0 Å². The molecule has 5 heterocycles. The van der Waals surface area contributed by atoms with Crippen LogP contribution >= 0.6 is 23.5 Å². The number of fused-ring (bicyclic) bond motifs is 2. The first-order valence-corrected chi connectivity index (χ1v) is 20.8. The monoisotopic (exact) mass is 848 g/mol. The van der Waals surface area contributed by atoms with Crippen LogP contribution in [-0.4, -0.2) is 142 Å². The van der Waals surface area contributed by atoms with Gasteiger partial charge in [0.15, 0.2) is 0 Å². The number of benzene rings is 2. The molecule has 0 saturated carbocycles. The van der Waals surface area contributed by atoms with Crippen molar-refractivity contribution in [2.75, 3.05) is 19.6 Å². The van der Waals surface area contributed by atoms with Crippen LogP contribution in [0.4, 0.5) is 4.79 Å². The number of urea groups is 1. The van der Waals surface area contributed by atoms with E-state index in [0.29, 0.717) is 17.7 Å². The van der Waals surface area contributed by atoms with Gasteiger partial charge in [-0.05, 0) is 45.7 Å². The molecule has 0 aliphatic carbocycles. The third-order valence-corrected chi connectivity index (χ3v) is 14.4. The van der Waals surface area contributed by atoms with Crippen molar-refractivity contribution in [2.24, 2.45) is 0 Å². The Labute approximate surface area is 347 Å². The van der Waals surface area contributed by atoms with E-state index in [1.54, 1.807) is 95.3 Å². The molecule has 5 aliphatic heterocycles. The number of carboxylic acids is 1. The van der Waals surface area contributed by atoms with Crippen LogP contribution in [0.1, 0.15) is 57.8 Å². The SMILES string of the molecule is CCN1CCN(C(=O)N[C@@H](C(=O)NC2C(=O)N3[C@@H]2SC(C)(C)[C@@H]3C(=O)NC(C(=O)NC2C(=O)N3[C@@H]2SC(C)(C)[C@@H]3C(=O)O)c2ccccc2)c2ccccc2)C(=O)C1=O. The van der Waals surface area contributed by atoms with Crippen LogP contribution in [-0.2, 0) is 38.4 Å². The van der Waals surface area contributed by atoms with Gasteiger partial charge in [-0.1, -0.05) is 60.7 Å². The molecule has 9 amide bonds. The van der Waals surface area contributed by atoms with E-state index in [4.69, 9.17) is 0 Å². The lowest BCUT2D eigenvalue weighted by Crippen LogP contribution is -2.72. The Balaban J connectivity index is 1.05. The number of carboxylic acid groups (broad SMARTS) is 1. The number of nitrogens with one attached hydrogen (secondary N) is 4. The van der Waals surface area contributed by atoms with E-state index < -0.39 is 110 Å². The summed E-state index contributed by atoms with van der Waals surface area (Å²) >= 11 is 2.54. The number of nitrogens with zero attached hydrogens (tertiary/aromatic N) is 4. The Morgan fingerprint density at radius 3 is 1.63 bits per heavy atom. The van der Waals surface area contributed by atoms with Gasteiger partial charge in [-0.2, -0.15) is 0 Å². The minimum atomic E-state index is -1.36. The van der Waals surface area contributed by atoms with Crippen molar-refractivity contribution in [3.05, 3.63) is 71.8 Å². The van der Waals surface area contributed by atoms with Gasteiger partial charge in [-0.25, -0.2) is 9.59 Å². The van der Waals surface area contributed by atoms with E-state index in [0.717, 1.165) is 4.90 Å². The van der Waals surface area contributed by atoms with E-state index >= 15 is 0 Å². The molecule has 5 aliphatic rings. The summed E-state index contributed by atoms with van der Waals surface area (Å²) in [6.45, 7) is 9.02. The molecule has 8 atom stereocenters. The normalized spacial score (nSPS) is 27.4. The summed E-state index contributed by atoms with van der Waals surface area (Å²) in [7, 11) is 0. The molecule has 18 nitrogen and oxygen atoms in total. The molecule has 0 radical (unpaired) electrons. The first-order valence-electron chi connectivity index (χ1n) is 19.0. The van der Waals surface area contributed by atoms with Gasteiger partial charge in [-0.15, -0.1) is 23.5 Å². The average molecular weight is 849 g/mol. The fourth-order valence-electron chi connectivity index (χ4n) is 8.27. The number of imide groups is 1. The number of β-lactam (4-membered cyclic amide) rings is 2. The second-order valence-corrected chi connectivity index (χ2v) is 19.4. The van der Waals surface area contributed by atoms with Crippen molar-refractivity contribution in [1.82, 2.24) is 40.9 Å². The summed E-state index contributed by atoms with van der Waals surface area (Å²) < 4.78 is -1.74. The summed E-state index contributed by atoms with van der Waals surface area (Å²) in [5, 5.41) is 19.3. The molecule has 3 unspecified atom stereocenters. The minimum absolute atomic E-state index is 0.0735. The van der Waals surface area contributed by atoms with Crippen molar-refractivity contribution in [2.45, 2.75) is 91.1 Å². The Kier molecular flexibility index (Phi) is 10.9. The molecule has 5 N–H and O–H groups in total. The number of rotatable bonds is 11. The molecule has 5 saturated heterocycles. The zero-order valence-electron chi connectivity index (χ0n) is 32.7. The van der Waals surface area contributed by atoms with Gasteiger partial charge in [0.05, 0.1) is 0 Å². The molecule has 0 bridgehead atoms. The fraction of sp³-hybridized carbons (Fsp3) is 0.462. The van der Waals surface area contributed by atoms with E-state index in [-0.39, 0.29) is 13.1 Å². The Bertz CT molecular complexity index is 2120. The van der Waals surface area contributed by atoms with Crippen LogP contribution in [0.25, 0.3) is 0 Å². The van der Waals surface area contributed by atoms with Crippen LogP contribution in [0.5, 0.6) is 0 Å². The standard InChI is InChI=1S/C39H44N8O10S2/c1-6-44-17-18-45(33(54)32(44)53)37(57)43-22(20-15-11-8-12-16-20)28(49)42-23-30(51)46-25(38(2,3)58-34(23)46)29(50)40-21(19-13-9-7-10-14-19)27(48)41-24-31(52)47-26(36(55)56)39(4,5)59-35(24)47/h7-16,21-26,34-35H,6,17-18H2,1-5H3,(H,40,50)(H,41,48)(H,42,49)(H,43,57)(H,55,56)/t21?,22-,23?,24?,25+,26+,34-,35-/m1/s1. The predicted molar refractivity (Wildman–Crippen MR) is 213 cm³/mol. The molecule has 0 spiro atoms. The van der Waals surface area contributed by atoms with Gasteiger partial charge in [-0.3, -0.25) is 38.5 Å². The van der Waals surface area contributed by atoms with Crippen LogP contribution in [0.15, 0.2) is 60.7 Å². The molecule has 20 heteroatoms. The van der Waals surface area contributed by atoms with Crippen molar-refractivity contribution >= 4 is 76.9 Å². The largest absolute Gasteiger partial charge is 0.480 e. The number of carbonyl (C=O) groups excluding carboxylic acids is 8. The maximum absolute atomic E-state index is 14.2. The van der Waals surface area contributed by atoms with Crippen LogP contribution in [0.2, 0.25) is 0 Å². The third-order valence-electron chi connectivity index (χ3n) is 11.2. The van der Waals surface area contributed by atoms with Gasteiger partial charge in [0, 0.05) is 29.1 Å². The van der Waals surface area contributed by atoms with Gasteiger partial charge in [0.1, 0.15) is 47.0 Å². The van der Waals surface area contributed by atoms with E-state index in [9.17, 15) is 48.3 Å². The zero-order chi connectivity index (χ0) is 42.7. The topological polar surface area (TPSA) is 235 Å². The molecular formula is C39H44N8O10S2. The highest BCUT2D eigenvalue weighted by Crippen LogP contribution is 2.52. The smallest absolute Gasteiger partial charge is 0.327 e. The van der Waals surface area contributed by atoms with Crippen molar-refractivity contribution in [1.29, 1.82) is 0 Å². The number of carbonyl (C=O) groups is 9. The summed E-state index contributed by atoms with van der Waals surface area (Å²) in [4.78, 5) is 124. The second kappa shape index (κ2) is 15.5. The van der Waals surface area contributed by atoms with Crippen molar-refractivity contribution in [3.8, 4) is 0 Å². The first-order chi connectivity index (χ1) is 27.9. The Morgan fingerprint density at radius 1 is 0.695 bits per heavy atom. The first kappa shape index (κ1) is 41.5. The third kappa shape index (κ3) is 7.25. The minimum Gasteiger partial charge on any atom is -0.480 e. The maximum atomic E-state index is 14.2. The molecule has 312 valence electrons. The van der Waals surface area contributed by atoms with Gasteiger partial charge in [0.2, 0.25) is 29.5 Å². The number of likely N-dealkylation sites (N-methyl/N-ethyl adjacent to an activating group) is 1. The Hall–Kier alpha value is -5.63. The van der Waals surface area contributed by atoms with Crippen LogP contribution in [0.3, 0.4) is 0 Å². The second-order valence-electron chi connectivity index (χ2n) is 15.8. The van der Waals surface area contributed by atoms with E-state index in [1.165, 1.54) is 38.2 Å². The number of hydrogen-bond donors (Lipinski definition) is 5. The number of thioether (sulfide) groups is 2. The highest BCUT2D eigenvalue weighted by atomic mass is 32.2. The van der Waals surface area contributed by atoms with Gasteiger partial charge >= 0.3 is 23.8 Å². The lowest BCUT2D eigenvalue weighted by Gasteiger charge is -2.45. The molecular weight excluding hydrogens is 805 g/mol. The quantitative estimate of drug-likeness (QED) is 0.150. The lowest BCUT2D eigenvalue weighted by molar-refractivity contribution is -0.161. The number of piperazine rings is 1. The fourth-order valence-corrected chi connectivity index (χ4v) is 11.5. The molecule has 2 aromatic carbocycles. The van der Waals surface area contributed by atoms with E-state index in [2.05, 4.69) is 21.3 Å². The van der Waals surface area contributed by atoms with Crippen molar-refractivity contribution in [3.63, 3.8) is 0 Å². The van der Waals surface area contributed by atoms with E-state index in [1.807, 2.05) is 0 Å². The summed E-state index contributed by atoms with van der Waals surface area (Å²) in [6.07, 6.45) is 0. The van der Waals surface area contributed by atoms with Crippen molar-refractivity contribution < 1.29 is 48.3 Å². The molecule has 0 aromatic heterocycles. The summed E-state index contributed by atoms with van der Waals surface area (Å²) in [5.74, 6) is -6.25. The van der Waals surface area contributed by atoms with Crippen LogP contribution in [0, 0.1) is 0 Å². The number of hydrogen-bond acceptors (Lipinski definition) is 11. The molecule has 59 heavy (non-hydrogen) atoms. The zero-order valence-corrected chi connectivity index (χ0v) is 34.4. The summed E-state index contributed by atoms with van der Waals surface area (Å²) in [6, 6.07) is 8.61. The highest BCUT2D eigenvalue weighted by molar-refractivity contribution is 8.02. The number of amides is 9. The molecule has 7 rings (SSSR count). The average Bonchev–Trinajstić information content (AvgIpc) is 3.62. The highest BCUT2D eigenvalue weighted by Gasteiger charge is 2.66. The maximum Gasteiger partial charge on any atom is 0.327 e. The predicted octanol–water partition coefficient (Wildman–Crippen LogP) is 0.164. The number of aliphatic carboxylic acids is 1. The lowest BCUT2D eigenvalue weighted by atomic mass is 9.93. The van der Waals surface area contributed by atoms with Gasteiger partial charge < -0.3 is 41.1 Å². The Morgan fingerprint density at radius 2 is 1.15 bits per heavy atom. The van der Waals surface area contributed by atoms with Crippen LogP contribution < -0.4 is 21.3 Å². The summed E-state index contributed by atoms with van der Waals surface area (Å²) in [5.41, 5.74) is 0.750. The molecule has 2 aromatic rings. The molecule has 5 fully saturated rings.